The van der Waals surface area contributed by atoms with Crippen LogP contribution in [0.4, 0.5) is 5.69 Å². The van der Waals surface area contributed by atoms with Gasteiger partial charge in [0.2, 0.25) is 0 Å². The summed E-state index contributed by atoms with van der Waals surface area (Å²) < 4.78 is 5.84. The van der Waals surface area contributed by atoms with Crippen LogP contribution in [0.2, 0.25) is 0 Å². The molecule has 0 fully saturated rings. The maximum atomic E-state index is 11.8. The molecule has 1 aliphatic rings. The van der Waals surface area contributed by atoms with Gasteiger partial charge in [0.1, 0.15) is 0 Å². The Kier molecular flexibility index (Phi) is 5.35. The van der Waals surface area contributed by atoms with Crippen LogP contribution in [0.1, 0.15) is 19.3 Å². The fourth-order valence-electron chi connectivity index (χ4n) is 2.01. The summed E-state index contributed by atoms with van der Waals surface area (Å²) in [5, 5.41) is 2.69. The molecule has 1 aromatic carbocycles. The Labute approximate surface area is 126 Å². The Balaban J connectivity index is 1.79. The van der Waals surface area contributed by atoms with E-state index in [4.69, 9.17) is 4.74 Å². The number of hydrogen-bond acceptors (Lipinski definition) is 3. The quantitative estimate of drug-likeness (QED) is 0.677. The normalized spacial score (nSPS) is 17.6. The molecule has 1 N–H and O–H groups in total. The molecule has 0 aliphatic heterocycles. The number of ether oxygens (including phenoxy) is 1. The summed E-state index contributed by atoms with van der Waals surface area (Å²) in [6.07, 6.45) is 6.43. The van der Waals surface area contributed by atoms with E-state index in [1.54, 1.807) is 6.07 Å². The van der Waals surface area contributed by atoms with E-state index in [-0.39, 0.29) is 24.4 Å². The molecular formula is C15H16BrNO3. The third-order valence-corrected chi connectivity index (χ3v) is 3.79. The molecule has 0 aromatic heterocycles. The number of carbonyl (C=O) groups excluding carboxylic acids is 2. The summed E-state index contributed by atoms with van der Waals surface area (Å²) in [7, 11) is 0. The lowest BCUT2D eigenvalue weighted by atomic mass is 9.95. The van der Waals surface area contributed by atoms with Crippen molar-refractivity contribution in [3.05, 3.63) is 40.9 Å². The molecule has 0 radical (unpaired) electrons. The van der Waals surface area contributed by atoms with Crippen LogP contribution in [0.5, 0.6) is 0 Å². The van der Waals surface area contributed by atoms with E-state index < -0.39 is 0 Å². The van der Waals surface area contributed by atoms with Gasteiger partial charge in [-0.3, -0.25) is 9.59 Å². The van der Waals surface area contributed by atoms with Gasteiger partial charge in [-0.05, 0) is 47.3 Å². The molecule has 0 bridgehead atoms. The van der Waals surface area contributed by atoms with Crippen LogP contribution in [0.25, 0.3) is 0 Å². The number of carbonyl (C=O) groups is 2. The molecule has 4 nitrogen and oxygen atoms in total. The number of benzene rings is 1. The molecule has 1 aliphatic carbocycles. The fourth-order valence-corrected chi connectivity index (χ4v) is 2.39. The second-order valence-electron chi connectivity index (χ2n) is 4.62. The fraction of sp³-hybridized carbons (Fsp3) is 0.333. The molecule has 0 spiro atoms. The minimum atomic E-state index is -0.336. The molecule has 1 aromatic rings. The lowest BCUT2D eigenvalue weighted by Gasteiger charge is -2.16. The van der Waals surface area contributed by atoms with E-state index in [1.165, 1.54) is 0 Å². The first-order chi connectivity index (χ1) is 9.66. The number of hydrogen-bond donors (Lipinski definition) is 1. The first kappa shape index (κ1) is 14.8. The highest BCUT2D eigenvalue weighted by Crippen LogP contribution is 2.21. The van der Waals surface area contributed by atoms with Gasteiger partial charge in [-0.25, -0.2) is 0 Å². The van der Waals surface area contributed by atoms with Gasteiger partial charge in [0.15, 0.2) is 6.61 Å². The summed E-state index contributed by atoms with van der Waals surface area (Å²) in [5.41, 5.74) is 0.661. The standard InChI is InChI=1S/C15H16BrNO3/c16-12-8-4-5-9-13(12)17-14(18)10-20-15(19)11-6-2-1-3-7-11/h1-2,4-5,8-9,11H,3,6-7,10H2,(H,17,18)/t11-/m0/s1. The van der Waals surface area contributed by atoms with Gasteiger partial charge in [-0.1, -0.05) is 24.3 Å². The van der Waals surface area contributed by atoms with Crippen LogP contribution in [0.3, 0.4) is 0 Å². The van der Waals surface area contributed by atoms with E-state index in [9.17, 15) is 9.59 Å². The van der Waals surface area contributed by atoms with Crippen molar-refractivity contribution in [2.75, 3.05) is 11.9 Å². The summed E-state index contributed by atoms with van der Waals surface area (Å²) in [6.45, 7) is -0.250. The van der Waals surface area contributed by atoms with Gasteiger partial charge in [-0.2, -0.15) is 0 Å². The lowest BCUT2D eigenvalue weighted by molar-refractivity contribution is -0.151. The predicted molar refractivity (Wildman–Crippen MR) is 80.2 cm³/mol. The minimum Gasteiger partial charge on any atom is -0.455 e. The third-order valence-electron chi connectivity index (χ3n) is 3.10. The van der Waals surface area contributed by atoms with Crippen LogP contribution in [-0.2, 0) is 14.3 Å². The highest BCUT2D eigenvalue weighted by atomic mass is 79.9. The first-order valence-corrected chi connectivity index (χ1v) is 7.32. The second-order valence-corrected chi connectivity index (χ2v) is 5.47. The Hall–Kier alpha value is -1.62. The van der Waals surface area contributed by atoms with E-state index in [0.717, 1.165) is 17.3 Å². The average Bonchev–Trinajstić information content (AvgIpc) is 2.48. The molecule has 0 unspecified atom stereocenters. The largest absolute Gasteiger partial charge is 0.455 e. The van der Waals surface area contributed by atoms with Crippen molar-refractivity contribution >= 4 is 33.5 Å². The van der Waals surface area contributed by atoms with Gasteiger partial charge >= 0.3 is 5.97 Å². The second kappa shape index (κ2) is 7.24. The molecule has 1 atom stereocenters. The van der Waals surface area contributed by atoms with E-state index in [1.807, 2.05) is 24.3 Å². The molecule has 106 valence electrons. The summed E-state index contributed by atoms with van der Waals surface area (Å²) in [4.78, 5) is 23.5. The number of anilines is 1. The topological polar surface area (TPSA) is 55.4 Å². The van der Waals surface area contributed by atoms with Crippen LogP contribution in [0.15, 0.2) is 40.9 Å². The number of rotatable bonds is 4. The van der Waals surface area contributed by atoms with Gasteiger partial charge in [0.05, 0.1) is 11.6 Å². The molecule has 1 amide bonds. The summed E-state index contributed by atoms with van der Waals surface area (Å²) >= 11 is 3.34. The van der Waals surface area contributed by atoms with Gasteiger partial charge in [-0.15, -0.1) is 0 Å². The lowest BCUT2D eigenvalue weighted by Crippen LogP contribution is -2.25. The van der Waals surface area contributed by atoms with Gasteiger partial charge < -0.3 is 10.1 Å². The van der Waals surface area contributed by atoms with Crippen molar-refractivity contribution in [3.8, 4) is 0 Å². The first-order valence-electron chi connectivity index (χ1n) is 6.53. The third kappa shape index (κ3) is 4.20. The number of para-hydroxylation sites is 1. The summed E-state index contributed by atoms with van der Waals surface area (Å²) in [6, 6.07) is 7.28. The number of halogens is 1. The predicted octanol–water partition coefficient (Wildman–Crippen LogP) is 3.29. The summed E-state index contributed by atoms with van der Waals surface area (Å²) in [5.74, 6) is -0.746. The Bertz CT molecular complexity index is 528. The SMILES string of the molecule is O=C(COC(=O)[C@H]1CC=CCC1)Nc1ccccc1Br. The van der Waals surface area contributed by atoms with Gasteiger partial charge in [0, 0.05) is 4.47 Å². The van der Waals surface area contributed by atoms with Crippen LogP contribution >= 0.6 is 15.9 Å². The minimum absolute atomic E-state index is 0.115. The molecule has 5 heteroatoms. The molecule has 0 saturated heterocycles. The Morgan fingerprint density at radius 2 is 2.10 bits per heavy atom. The molecule has 2 rings (SSSR count). The molecular weight excluding hydrogens is 322 g/mol. The Morgan fingerprint density at radius 1 is 1.30 bits per heavy atom. The van der Waals surface area contributed by atoms with Crippen molar-refractivity contribution in [1.82, 2.24) is 0 Å². The number of amides is 1. The van der Waals surface area contributed by atoms with Crippen molar-refractivity contribution in [1.29, 1.82) is 0 Å². The van der Waals surface area contributed by atoms with Crippen molar-refractivity contribution < 1.29 is 14.3 Å². The van der Waals surface area contributed by atoms with Crippen LogP contribution in [-0.4, -0.2) is 18.5 Å². The van der Waals surface area contributed by atoms with Gasteiger partial charge in [0.25, 0.3) is 5.91 Å². The van der Waals surface area contributed by atoms with Crippen molar-refractivity contribution in [2.45, 2.75) is 19.3 Å². The molecule has 0 saturated carbocycles. The van der Waals surface area contributed by atoms with Crippen LogP contribution < -0.4 is 5.32 Å². The van der Waals surface area contributed by atoms with E-state index in [0.29, 0.717) is 12.1 Å². The zero-order valence-electron chi connectivity index (χ0n) is 11.0. The number of nitrogens with one attached hydrogen (secondary N) is 1. The van der Waals surface area contributed by atoms with Crippen molar-refractivity contribution in [3.63, 3.8) is 0 Å². The zero-order chi connectivity index (χ0) is 14.4. The number of esters is 1. The molecule has 0 heterocycles. The number of allylic oxidation sites excluding steroid dienone is 2. The highest BCUT2D eigenvalue weighted by molar-refractivity contribution is 9.10. The maximum Gasteiger partial charge on any atom is 0.309 e. The monoisotopic (exact) mass is 337 g/mol. The Morgan fingerprint density at radius 3 is 2.80 bits per heavy atom. The van der Waals surface area contributed by atoms with Crippen LogP contribution in [0, 0.1) is 5.92 Å². The zero-order valence-corrected chi connectivity index (χ0v) is 12.6. The van der Waals surface area contributed by atoms with Crippen molar-refractivity contribution in [2.24, 2.45) is 5.92 Å². The van der Waals surface area contributed by atoms with E-state index in [2.05, 4.69) is 27.3 Å². The molecule has 20 heavy (non-hydrogen) atoms. The smallest absolute Gasteiger partial charge is 0.309 e. The highest BCUT2D eigenvalue weighted by Gasteiger charge is 2.21. The maximum absolute atomic E-state index is 11.8. The van der Waals surface area contributed by atoms with E-state index >= 15 is 0 Å². The average molecular weight is 338 g/mol.